The Balaban J connectivity index is 1.61. The van der Waals surface area contributed by atoms with Gasteiger partial charge in [-0.3, -0.25) is 0 Å². The van der Waals surface area contributed by atoms with E-state index in [1.165, 1.54) is 0 Å². The lowest BCUT2D eigenvalue weighted by molar-refractivity contribution is 0.00901. The fraction of sp³-hybridized carbons (Fsp3) is 0.286. The van der Waals surface area contributed by atoms with Crippen molar-refractivity contribution in [2.75, 3.05) is 13.4 Å². The average Bonchev–Trinajstić information content (AvgIpc) is 3.40. The molecular weight excluding hydrogens is 384 g/mol. The molecule has 1 aliphatic carbocycles. The van der Waals surface area contributed by atoms with Gasteiger partial charge in [-0.1, -0.05) is 111 Å². The molecule has 0 aromatic heterocycles. The van der Waals surface area contributed by atoms with Gasteiger partial charge in [0.05, 0.1) is 12.7 Å². The molecule has 0 spiro atoms. The van der Waals surface area contributed by atoms with Gasteiger partial charge in [0.2, 0.25) is 0 Å². The lowest BCUT2D eigenvalue weighted by Crippen LogP contribution is -2.35. The highest BCUT2D eigenvalue weighted by molar-refractivity contribution is 5.47. The van der Waals surface area contributed by atoms with Crippen LogP contribution in [0.1, 0.15) is 30.5 Å². The van der Waals surface area contributed by atoms with E-state index in [1.54, 1.807) is 0 Å². The SMILES string of the molecule is CC1(C)C=C(COC(c2ccccc2)(c2ccccc2)c2ccccc2)C2OCOC21. The van der Waals surface area contributed by atoms with Crippen LogP contribution < -0.4 is 0 Å². The second-order valence-corrected chi connectivity index (χ2v) is 8.90. The van der Waals surface area contributed by atoms with Gasteiger partial charge < -0.3 is 14.2 Å². The predicted molar refractivity (Wildman–Crippen MR) is 122 cm³/mol. The molecule has 0 N–H and O–H groups in total. The highest BCUT2D eigenvalue weighted by Gasteiger charge is 2.48. The number of benzene rings is 3. The monoisotopic (exact) mass is 412 g/mol. The molecule has 3 nitrogen and oxygen atoms in total. The summed E-state index contributed by atoms with van der Waals surface area (Å²) in [5, 5.41) is 0. The quantitative estimate of drug-likeness (QED) is 0.384. The number of fused-ring (bicyclic) bond motifs is 1. The Morgan fingerprint density at radius 2 is 1.26 bits per heavy atom. The van der Waals surface area contributed by atoms with E-state index in [2.05, 4.69) is 92.7 Å². The first-order valence-electron chi connectivity index (χ1n) is 10.9. The van der Waals surface area contributed by atoms with Crippen LogP contribution in [0.2, 0.25) is 0 Å². The van der Waals surface area contributed by atoms with Crippen molar-refractivity contribution in [3.05, 3.63) is 119 Å². The Morgan fingerprint density at radius 3 is 1.74 bits per heavy atom. The smallest absolute Gasteiger partial charge is 0.148 e. The van der Waals surface area contributed by atoms with Crippen molar-refractivity contribution >= 4 is 0 Å². The summed E-state index contributed by atoms with van der Waals surface area (Å²) < 4.78 is 18.8. The summed E-state index contributed by atoms with van der Waals surface area (Å²) in [6.07, 6.45) is 2.27. The lowest BCUT2D eigenvalue weighted by atomic mass is 9.80. The minimum absolute atomic E-state index is 0.0463. The molecule has 2 aliphatic rings. The largest absolute Gasteiger partial charge is 0.356 e. The normalized spacial score (nSPS) is 22.2. The zero-order valence-electron chi connectivity index (χ0n) is 18.0. The topological polar surface area (TPSA) is 27.7 Å². The molecule has 158 valence electrons. The van der Waals surface area contributed by atoms with Gasteiger partial charge in [-0.05, 0) is 22.3 Å². The van der Waals surface area contributed by atoms with Crippen LogP contribution >= 0.6 is 0 Å². The van der Waals surface area contributed by atoms with Crippen molar-refractivity contribution in [1.29, 1.82) is 0 Å². The van der Waals surface area contributed by atoms with Crippen molar-refractivity contribution in [2.45, 2.75) is 31.7 Å². The van der Waals surface area contributed by atoms with E-state index in [9.17, 15) is 0 Å². The summed E-state index contributed by atoms with van der Waals surface area (Å²) in [5.41, 5.74) is 3.65. The number of ether oxygens (including phenoxy) is 3. The molecule has 1 fully saturated rings. The predicted octanol–water partition coefficient (Wildman–Crippen LogP) is 5.70. The maximum absolute atomic E-state index is 6.97. The minimum atomic E-state index is -0.730. The first-order chi connectivity index (χ1) is 15.1. The van der Waals surface area contributed by atoms with Crippen LogP contribution in [0.4, 0.5) is 0 Å². The highest BCUT2D eigenvalue weighted by atomic mass is 16.7. The standard InChI is InChI=1S/C28H28O3/c1-27(2)18-21(25-26(27)30-20-29-25)19-31-28(22-12-6-3-7-13-22,23-14-8-4-9-15-23)24-16-10-5-11-17-24/h3-18,25-26H,19-20H2,1-2H3. The second-order valence-electron chi connectivity index (χ2n) is 8.90. The third kappa shape index (κ3) is 3.53. The molecule has 31 heavy (non-hydrogen) atoms. The second kappa shape index (κ2) is 8.08. The Morgan fingerprint density at radius 1 is 0.774 bits per heavy atom. The minimum Gasteiger partial charge on any atom is -0.356 e. The molecule has 2 unspecified atom stereocenters. The Kier molecular flexibility index (Phi) is 5.27. The fourth-order valence-electron chi connectivity index (χ4n) is 4.99. The van der Waals surface area contributed by atoms with Crippen molar-refractivity contribution in [3.63, 3.8) is 0 Å². The van der Waals surface area contributed by atoms with Gasteiger partial charge >= 0.3 is 0 Å². The van der Waals surface area contributed by atoms with Gasteiger partial charge in [-0.25, -0.2) is 0 Å². The van der Waals surface area contributed by atoms with Gasteiger partial charge in [0.1, 0.15) is 18.5 Å². The molecule has 1 aliphatic heterocycles. The van der Waals surface area contributed by atoms with Crippen molar-refractivity contribution in [3.8, 4) is 0 Å². The summed E-state index contributed by atoms with van der Waals surface area (Å²) in [7, 11) is 0. The molecular formula is C28H28O3. The zero-order valence-corrected chi connectivity index (χ0v) is 18.0. The molecule has 0 saturated carbocycles. The van der Waals surface area contributed by atoms with Gasteiger partial charge in [0, 0.05) is 5.41 Å². The van der Waals surface area contributed by atoms with Gasteiger partial charge in [0.25, 0.3) is 0 Å². The number of rotatable bonds is 6. The number of hydrogen-bond donors (Lipinski definition) is 0. The van der Waals surface area contributed by atoms with Crippen LogP contribution in [0, 0.1) is 5.41 Å². The summed E-state index contributed by atoms with van der Waals surface area (Å²) in [6, 6.07) is 31.4. The van der Waals surface area contributed by atoms with Crippen LogP contribution in [-0.2, 0) is 19.8 Å². The first-order valence-corrected chi connectivity index (χ1v) is 10.9. The Hall–Kier alpha value is -2.72. The van der Waals surface area contributed by atoms with E-state index < -0.39 is 5.60 Å². The molecule has 2 atom stereocenters. The lowest BCUT2D eigenvalue weighted by Gasteiger charge is -2.36. The van der Waals surface area contributed by atoms with Crippen molar-refractivity contribution in [1.82, 2.24) is 0 Å². The van der Waals surface area contributed by atoms with Crippen LogP contribution in [0.5, 0.6) is 0 Å². The number of hydrogen-bond acceptors (Lipinski definition) is 3. The molecule has 1 heterocycles. The van der Waals surface area contributed by atoms with Crippen LogP contribution in [-0.4, -0.2) is 25.6 Å². The maximum Gasteiger partial charge on any atom is 0.148 e. The molecule has 1 saturated heterocycles. The van der Waals surface area contributed by atoms with Gasteiger partial charge in [0.15, 0.2) is 0 Å². The molecule has 5 rings (SSSR count). The molecule has 3 aromatic carbocycles. The summed E-state index contributed by atoms with van der Waals surface area (Å²) >= 11 is 0. The van der Waals surface area contributed by atoms with E-state index in [-0.39, 0.29) is 17.6 Å². The van der Waals surface area contributed by atoms with Crippen LogP contribution in [0.3, 0.4) is 0 Å². The highest BCUT2D eigenvalue weighted by Crippen LogP contribution is 2.45. The maximum atomic E-state index is 6.97. The molecule has 3 aromatic rings. The van der Waals surface area contributed by atoms with Crippen LogP contribution in [0.25, 0.3) is 0 Å². The first kappa shape index (κ1) is 20.2. The summed E-state index contributed by atoms with van der Waals surface area (Å²) in [4.78, 5) is 0. The third-order valence-electron chi connectivity index (χ3n) is 6.42. The fourth-order valence-corrected chi connectivity index (χ4v) is 4.99. The van der Waals surface area contributed by atoms with Crippen molar-refractivity contribution < 1.29 is 14.2 Å². The van der Waals surface area contributed by atoms with E-state index in [4.69, 9.17) is 14.2 Å². The van der Waals surface area contributed by atoms with Crippen LogP contribution in [0.15, 0.2) is 103 Å². The van der Waals surface area contributed by atoms with E-state index in [0.29, 0.717) is 13.4 Å². The third-order valence-corrected chi connectivity index (χ3v) is 6.42. The van der Waals surface area contributed by atoms with E-state index >= 15 is 0 Å². The van der Waals surface area contributed by atoms with E-state index in [0.717, 1.165) is 22.3 Å². The molecule has 0 bridgehead atoms. The van der Waals surface area contributed by atoms with Gasteiger partial charge in [-0.15, -0.1) is 0 Å². The Labute approximate surface area is 184 Å². The molecule has 3 heteroatoms. The Bertz CT molecular complexity index is 945. The average molecular weight is 413 g/mol. The van der Waals surface area contributed by atoms with Gasteiger partial charge in [-0.2, -0.15) is 0 Å². The molecule has 0 amide bonds. The molecule has 0 radical (unpaired) electrons. The summed E-state index contributed by atoms with van der Waals surface area (Å²) in [5.74, 6) is 0. The summed E-state index contributed by atoms with van der Waals surface area (Å²) in [6.45, 7) is 5.21. The van der Waals surface area contributed by atoms with E-state index in [1.807, 2.05) is 18.2 Å². The zero-order chi connectivity index (χ0) is 21.3. The van der Waals surface area contributed by atoms with Crippen molar-refractivity contribution in [2.24, 2.45) is 5.41 Å².